The van der Waals surface area contributed by atoms with Crippen LogP contribution in [0.15, 0.2) is 0 Å². The van der Waals surface area contributed by atoms with Crippen molar-refractivity contribution >= 4 is 7.85 Å². The molecule has 2 aliphatic heterocycles. The summed E-state index contributed by atoms with van der Waals surface area (Å²) >= 11 is 0. The third kappa shape index (κ3) is 10.5. The van der Waals surface area contributed by atoms with Gasteiger partial charge >= 0.3 is 0 Å². The van der Waals surface area contributed by atoms with Crippen LogP contribution in [0.4, 0.5) is 0 Å². The lowest BCUT2D eigenvalue weighted by molar-refractivity contribution is -0.107. The average Bonchev–Trinajstić information content (AvgIpc) is 3.39. The fourth-order valence-electron chi connectivity index (χ4n) is 2.01. The van der Waals surface area contributed by atoms with Crippen LogP contribution in [-0.4, -0.2) is 79.0 Å². The molecule has 1 N–H and O–H groups in total. The van der Waals surface area contributed by atoms with Crippen LogP contribution in [0.3, 0.4) is 0 Å². The summed E-state index contributed by atoms with van der Waals surface area (Å²) in [7, 11) is 5.88. The first-order chi connectivity index (χ1) is 11.8. The fourth-order valence-corrected chi connectivity index (χ4v) is 2.01. The van der Waals surface area contributed by atoms with E-state index in [0.29, 0.717) is 39.6 Å². The molecule has 0 aliphatic carbocycles. The van der Waals surface area contributed by atoms with Crippen LogP contribution < -0.4 is 5.48 Å². The maximum Gasteiger partial charge on any atom is 0.133 e. The molecule has 3 unspecified atom stereocenters. The van der Waals surface area contributed by atoms with Crippen molar-refractivity contribution in [3.8, 4) is 0 Å². The topological polar surface area (TPSA) is 74.0 Å². The van der Waals surface area contributed by atoms with Gasteiger partial charge in [0, 0.05) is 10.8 Å². The van der Waals surface area contributed by atoms with Crippen molar-refractivity contribution in [2.45, 2.75) is 46.0 Å². The zero-order valence-corrected chi connectivity index (χ0v) is 15.9. The first-order valence-corrected chi connectivity index (χ1v) is 8.89. The fraction of sp³-hybridized carbons (Fsp3) is 1.00. The monoisotopic (exact) mass is 357 g/mol. The van der Waals surface area contributed by atoms with Crippen molar-refractivity contribution < 1.29 is 28.5 Å². The zero-order chi connectivity index (χ0) is 18.3. The summed E-state index contributed by atoms with van der Waals surface area (Å²) < 4.78 is 27.1. The largest absolute Gasteiger partial charge is 0.378 e. The van der Waals surface area contributed by atoms with E-state index in [9.17, 15) is 0 Å². The van der Waals surface area contributed by atoms with Gasteiger partial charge in [-0.2, -0.15) is 5.48 Å². The maximum atomic E-state index is 5.88. The van der Waals surface area contributed by atoms with Gasteiger partial charge in [-0.25, -0.2) is 0 Å². The number of ether oxygens (including phenoxy) is 5. The number of hydrogen-bond acceptors (Lipinski definition) is 7. The second-order valence-corrected chi connectivity index (χ2v) is 8.41. The molecule has 2 heterocycles. The molecule has 3 atom stereocenters. The third-order valence-electron chi connectivity index (χ3n) is 3.71. The number of hydrogen-bond donors (Lipinski definition) is 1. The quantitative estimate of drug-likeness (QED) is 0.202. The average molecular weight is 357 g/mol. The lowest BCUT2D eigenvalue weighted by Crippen LogP contribution is -2.39. The Kier molecular flexibility index (Phi) is 8.13. The zero-order valence-electron chi connectivity index (χ0n) is 15.9. The Morgan fingerprint density at radius 3 is 1.88 bits per heavy atom. The molecule has 0 spiro atoms. The highest BCUT2D eigenvalue weighted by Crippen LogP contribution is 2.19. The minimum absolute atomic E-state index is 0.125. The van der Waals surface area contributed by atoms with Crippen LogP contribution in [0.25, 0.3) is 0 Å². The molecule has 2 fully saturated rings. The highest BCUT2D eigenvalue weighted by molar-refractivity contribution is 6.10. The molecule has 0 aromatic heterocycles. The number of rotatable bonds is 15. The van der Waals surface area contributed by atoms with Crippen molar-refractivity contribution in [3.05, 3.63) is 0 Å². The Hall–Kier alpha value is -0.215. The van der Waals surface area contributed by atoms with Gasteiger partial charge in [0.15, 0.2) is 0 Å². The Balaban J connectivity index is 1.48. The molecule has 25 heavy (non-hydrogen) atoms. The smallest absolute Gasteiger partial charge is 0.133 e. The molecular weight excluding hydrogens is 325 g/mol. The van der Waals surface area contributed by atoms with E-state index in [4.69, 9.17) is 36.4 Å². The summed E-state index contributed by atoms with van der Waals surface area (Å²) in [6.45, 7) is 13.3. The van der Waals surface area contributed by atoms with Crippen molar-refractivity contribution in [1.82, 2.24) is 5.48 Å². The first-order valence-electron chi connectivity index (χ1n) is 8.89. The Morgan fingerprint density at radius 2 is 1.40 bits per heavy atom. The predicted molar refractivity (Wildman–Crippen MR) is 93.3 cm³/mol. The molecule has 144 valence electrons. The standard InChI is InChI=1S/C17H32BNO6/c1-16(2,9-20-5-13-7-22-13)11-24-15(18)19-25-12-17(3,4)10-21-6-14-8-23-14/h13-15,19H,5-12H2,1-4H3. The lowest BCUT2D eigenvalue weighted by Gasteiger charge is -2.28. The lowest BCUT2D eigenvalue weighted by atomic mass is 9.96. The molecule has 0 aromatic carbocycles. The minimum Gasteiger partial charge on any atom is -0.378 e. The summed E-state index contributed by atoms with van der Waals surface area (Å²) in [5.74, 6) is 0. The van der Waals surface area contributed by atoms with Crippen LogP contribution in [0, 0.1) is 10.8 Å². The second kappa shape index (κ2) is 9.64. The molecule has 0 bridgehead atoms. The summed E-state index contributed by atoms with van der Waals surface area (Å²) in [5, 5.41) is 0. The Bertz CT molecular complexity index is 387. The molecule has 0 amide bonds. The van der Waals surface area contributed by atoms with Crippen molar-refractivity contribution in [3.63, 3.8) is 0 Å². The maximum absolute atomic E-state index is 5.88. The van der Waals surface area contributed by atoms with E-state index < -0.39 is 6.13 Å². The SMILES string of the molecule is [B]C(NOCC(C)(C)COCC1CO1)OCC(C)(C)COCC1CO1. The van der Waals surface area contributed by atoms with Gasteiger partial charge in [-0.3, -0.25) is 4.84 Å². The molecule has 2 aliphatic rings. The Morgan fingerprint density at radius 1 is 0.920 bits per heavy atom. The van der Waals surface area contributed by atoms with Gasteiger partial charge in [0.25, 0.3) is 0 Å². The summed E-state index contributed by atoms with van der Waals surface area (Å²) in [6, 6.07) is 0. The molecule has 8 heteroatoms. The molecule has 2 saturated heterocycles. The molecule has 0 saturated carbocycles. The van der Waals surface area contributed by atoms with Crippen LogP contribution in [0.1, 0.15) is 27.7 Å². The highest BCUT2D eigenvalue weighted by Gasteiger charge is 2.26. The highest BCUT2D eigenvalue weighted by atomic mass is 16.7. The summed E-state index contributed by atoms with van der Waals surface area (Å²) in [4.78, 5) is 5.46. The van der Waals surface area contributed by atoms with Gasteiger partial charge in [-0.05, 0) is 0 Å². The van der Waals surface area contributed by atoms with E-state index in [1.54, 1.807) is 0 Å². The van der Waals surface area contributed by atoms with Gasteiger partial charge in [0.2, 0.25) is 0 Å². The van der Waals surface area contributed by atoms with Crippen molar-refractivity contribution in [2.75, 3.05) is 52.9 Å². The third-order valence-corrected chi connectivity index (χ3v) is 3.71. The number of nitrogens with one attached hydrogen (secondary N) is 1. The van der Waals surface area contributed by atoms with Gasteiger partial charge < -0.3 is 23.7 Å². The van der Waals surface area contributed by atoms with Crippen LogP contribution in [-0.2, 0) is 28.5 Å². The molecule has 2 rings (SSSR count). The van der Waals surface area contributed by atoms with E-state index in [1.165, 1.54) is 0 Å². The molecular formula is C17H32BNO6. The van der Waals surface area contributed by atoms with E-state index >= 15 is 0 Å². The van der Waals surface area contributed by atoms with E-state index in [-0.39, 0.29) is 23.0 Å². The first kappa shape index (κ1) is 21.1. The number of epoxide rings is 2. The van der Waals surface area contributed by atoms with Crippen molar-refractivity contribution in [2.24, 2.45) is 10.8 Å². The van der Waals surface area contributed by atoms with Gasteiger partial charge in [0.05, 0.1) is 59.0 Å². The van der Waals surface area contributed by atoms with Crippen LogP contribution in [0.5, 0.6) is 0 Å². The van der Waals surface area contributed by atoms with Crippen LogP contribution in [0.2, 0.25) is 0 Å². The predicted octanol–water partition coefficient (Wildman–Crippen LogP) is 0.860. The van der Waals surface area contributed by atoms with E-state index in [2.05, 4.69) is 33.2 Å². The molecule has 7 nitrogen and oxygen atoms in total. The summed E-state index contributed by atoms with van der Waals surface area (Å²) in [5.41, 5.74) is 2.46. The molecule has 2 radical (unpaired) electrons. The minimum atomic E-state index is -0.692. The summed E-state index contributed by atoms with van der Waals surface area (Å²) in [6.07, 6.45) is -0.137. The molecule has 0 aromatic rings. The second-order valence-electron chi connectivity index (χ2n) is 8.41. The number of hydroxylamine groups is 1. The van der Waals surface area contributed by atoms with E-state index in [0.717, 1.165) is 13.2 Å². The van der Waals surface area contributed by atoms with Gasteiger partial charge in [-0.15, -0.1) is 0 Å². The Labute approximate surface area is 152 Å². The van der Waals surface area contributed by atoms with Gasteiger partial charge in [-0.1, -0.05) is 27.7 Å². The van der Waals surface area contributed by atoms with Crippen LogP contribution >= 0.6 is 0 Å². The van der Waals surface area contributed by atoms with Gasteiger partial charge in [0.1, 0.15) is 20.1 Å². The normalized spacial score (nSPS) is 24.3. The van der Waals surface area contributed by atoms with E-state index in [1.807, 2.05) is 0 Å². The van der Waals surface area contributed by atoms with Crippen molar-refractivity contribution in [1.29, 1.82) is 0 Å².